The minimum absolute atomic E-state index is 0.0983. The van der Waals surface area contributed by atoms with Gasteiger partial charge in [-0.05, 0) is 33.0 Å². The van der Waals surface area contributed by atoms with Crippen molar-refractivity contribution in [2.24, 2.45) is 0 Å². The number of hydrogen-bond acceptors (Lipinski definition) is 3. The lowest BCUT2D eigenvalue weighted by Gasteiger charge is -2.12. The van der Waals surface area contributed by atoms with Gasteiger partial charge in [-0.1, -0.05) is 17.7 Å². The normalized spacial score (nSPS) is 10.7. The first-order valence-corrected chi connectivity index (χ1v) is 6.48. The van der Waals surface area contributed by atoms with Crippen molar-refractivity contribution >= 4 is 5.91 Å². The van der Waals surface area contributed by atoms with Crippen LogP contribution in [0.25, 0.3) is 0 Å². The fourth-order valence-electron chi connectivity index (χ4n) is 1.77. The number of amides is 1. The highest BCUT2D eigenvalue weighted by atomic mass is 19.3. The molecule has 0 heterocycles. The van der Waals surface area contributed by atoms with Gasteiger partial charge in [0.25, 0.3) is 0 Å². The first kappa shape index (κ1) is 16.4. The second-order valence-electron chi connectivity index (χ2n) is 4.47. The quantitative estimate of drug-likeness (QED) is 0.720. The predicted octanol–water partition coefficient (Wildman–Crippen LogP) is 2.21. The van der Waals surface area contributed by atoms with Gasteiger partial charge < -0.3 is 15.4 Å². The van der Waals surface area contributed by atoms with Gasteiger partial charge in [-0.15, -0.1) is 0 Å². The summed E-state index contributed by atoms with van der Waals surface area (Å²) < 4.78 is 29.0. The van der Waals surface area contributed by atoms with Crippen molar-refractivity contribution in [3.63, 3.8) is 0 Å². The molecule has 0 fully saturated rings. The molecule has 1 aromatic rings. The van der Waals surface area contributed by atoms with Gasteiger partial charge in [0.2, 0.25) is 5.91 Å². The highest BCUT2D eigenvalue weighted by molar-refractivity contribution is 5.75. The van der Waals surface area contributed by atoms with Crippen LogP contribution in [0.1, 0.15) is 24.0 Å². The summed E-state index contributed by atoms with van der Waals surface area (Å²) in [6, 6.07) is 4.91. The van der Waals surface area contributed by atoms with Gasteiger partial charge in [0.1, 0.15) is 5.75 Å². The fourth-order valence-corrected chi connectivity index (χ4v) is 1.77. The van der Waals surface area contributed by atoms with Crippen LogP contribution in [0.3, 0.4) is 0 Å². The Labute approximate surface area is 117 Å². The van der Waals surface area contributed by atoms with Crippen molar-refractivity contribution in [1.82, 2.24) is 10.6 Å². The van der Waals surface area contributed by atoms with Gasteiger partial charge in [-0.25, -0.2) is 0 Å². The van der Waals surface area contributed by atoms with E-state index in [1.807, 2.05) is 14.0 Å². The predicted molar refractivity (Wildman–Crippen MR) is 72.8 cm³/mol. The highest BCUT2D eigenvalue weighted by Crippen LogP contribution is 2.21. The molecule has 4 nitrogen and oxygen atoms in total. The lowest BCUT2D eigenvalue weighted by molar-refractivity contribution is -0.121. The average molecular weight is 286 g/mol. The summed E-state index contributed by atoms with van der Waals surface area (Å²) in [7, 11) is 1.82. The number of benzene rings is 1. The Morgan fingerprint density at radius 2 is 2.15 bits per heavy atom. The first-order valence-electron chi connectivity index (χ1n) is 6.48. The third kappa shape index (κ3) is 5.97. The van der Waals surface area contributed by atoms with E-state index in [4.69, 9.17) is 0 Å². The Morgan fingerprint density at radius 1 is 1.40 bits per heavy atom. The lowest BCUT2D eigenvalue weighted by Crippen LogP contribution is -2.24. The number of carbonyl (C=O) groups is 1. The van der Waals surface area contributed by atoms with E-state index in [1.165, 1.54) is 6.07 Å². The number of carbonyl (C=O) groups excluding carboxylic acids is 1. The number of aryl methyl sites for hydroxylation is 1. The van der Waals surface area contributed by atoms with Crippen molar-refractivity contribution in [3.05, 3.63) is 29.3 Å². The molecule has 0 bridgehead atoms. The number of nitrogens with one attached hydrogen (secondary N) is 2. The minimum Gasteiger partial charge on any atom is -0.434 e. The van der Waals surface area contributed by atoms with Gasteiger partial charge in [0.05, 0.1) is 0 Å². The molecule has 20 heavy (non-hydrogen) atoms. The zero-order valence-corrected chi connectivity index (χ0v) is 11.7. The monoisotopic (exact) mass is 286 g/mol. The van der Waals surface area contributed by atoms with Gasteiger partial charge in [-0.3, -0.25) is 4.79 Å². The van der Waals surface area contributed by atoms with E-state index in [9.17, 15) is 13.6 Å². The fraction of sp³-hybridized carbons (Fsp3) is 0.500. The van der Waals surface area contributed by atoms with Crippen LogP contribution in [0.2, 0.25) is 0 Å². The topological polar surface area (TPSA) is 50.4 Å². The van der Waals surface area contributed by atoms with E-state index in [-0.39, 0.29) is 18.2 Å². The van der Waals surface area contributed by atoms with Crippen molar-refractivity contribution in [2.45, 2.75) is 32.9 Å². The zero-order chi connectivity index (χ0) is 15.0. The number of halogens is 2. The van der Waals surface area contributed by atoms with Gasteiger partial charge in [-0.2, -0.15) is 8.78 Å². The summed E-state index contributed by atoms with van der Waals surface area (Å²) in [6.07, 6.45) is 1.13. The van der Waals surface area contributed by atoms with E-state index in [1.54, 1.807) is 12.1 Å². The minimum atomic E-state index is -2.87. The molecule has 0 spiro atoms. The average Bonchev–Trinajstić information content (AvgIpc) is 2.39. The number of ether oxygens (including phenoxy) is 1. The molecule has 0 unspecified atom stereocenters. The van der Waals surface area contributed by atoms with E-state index in [0.29, 0.717) is 12.0 Å². The highest BCUT2D eigenvalue weighted by Gasteiger charge is 2.10. The molecule has 0 aliphatic rings. The molecule has 2 N–H and O–H groups in total. The Morgan fingerprint density at radius 3 is 2.80 bits per heavy atom. The first-order chi connectivity index (χ1) is 9.52. The number of alkyl halides is 2. The standard InChI is InChI=1S/C14H20F2N2O2/c1-10-5-6-12(20-14(15)16)11(8-10)9-18-13(19)4-3-7-17-2/h5-6,8,14,17H,3-4,7,9H2,1-2H3,(H,18,19). The molecule has 0 radical (unpaired) electrons. The smallest absolute Gasteiger partial charge is 0.387 e. The third-order valence-corrected chi connectivity index (χ3v) is 2.74. The maximum Gasteiger partial charge on any atom is 0.387 e. The lowest BCUT2D eigenvalue weighted by atomic mass is 10.1. The Kier molecular flexibility index (Phi) is 6.93. The van der Waals surface area contributed by atoms with E-state index in [2.05, 4.69) is 15.4 Å². The molecule has 0 aromatic heterocycles. The van der Waals surface area contributed by atoms with Crippen molar-refractivity contribution in [1.29, 1.82) is 0 Å². The molecule has 0 atom stereocenters. The Balaban J connectivity index is 2.57. The molecule has 1 aromatic carbocycles. The summed E-state index contributed by atoms with van der Waals surface area (Å²) in [5.74, 6) is -0.00845. The van der Waals surface area contributed by atoms with Crippen LogP contribution in [-0.2, 0) is 11.3 Å². The van der Waals surface area contributed by atoms with E-state index >= 15 is 0 Å². The SMILES string of the molecule is CNCCCC(=O)NCc1cc(C)ccc1OC(F)F. The summed E-state index contributed by atoms with van der Waals surface area (Å²) in [5, 5.41) is 5.66. The second-order valence-corrected chi connectivity index (χ2v) is 4.47. The van der Waals surface area contributed by atoms with Crippen LogP contribution in [0.4, 0.5) is 8.78 Å². The van der Waals surface area contributed by atoms with Crippen LogP contribution >= 0.6 is 0 Å². The molecule has 0 aliphatic heterocycles. The van der Waals surface area contributed by atoms with Gasteiger partial charge >= 0.3 is 6.61 Å². The largest absolute Gasteiger partial charge is 0.434 e. The van der Waals surface area contributed by atoms with Crippen molar-refractivity contribution in [3.8, 4) is 5.75 Å². The molecule has 112 valence electrons. The molecule has 6 heteroatoms. The molecule has 0 saturated heterocycles. The number of hydrogen-bond donors (Lipinski definition) is 2. The third-order valence-electron chi connectivity index (χ3n) is 2.74. The molecule has 0 saturated carbocycles. The van der Waals surface area contributed by atoms with Crippen LogP contribution < -0.4 is 15.4 Å². The molecular formula is C14H20F2N2O2. The molecular weight excluding hydrogens is 266 g/mol. The van der Waals surface area contributed by atoms with Crippen LogP contribution in [0, 0.1) is 6.92 Å². The Hall–Kier alpha value is -1.69. The zero-order valence-electron chi connectivity index (χ0n) is 11.7. The van der Waals surface area contributed by atoms with Crippen LogP contribution in [-0.4, -0.2) is 26.1 Å². The van der Waals surface area contributed by atoms with E-state index < -0.39 is 6.61 Å². The molecule has 1 amide bonds. The summed E-state index contributed by atoms with van der Waals surface area (Å²) >= 11 is 0. The molecule has 0 aliphatic carbocycles. The van der Waals surface area contributed by atoms with E-state index in [0.717, 1.165) is 18.5 Å². The Bertz CT molecular complexity index is 439. The maximum absolute atomic E-state index is 12.3. The summed E-state index contributed by atoms with van der Waals surface area (Å²) in [4.78, 5) is 11.6. The van der Waals surface area contributed by atoms with Crippen molar-refractivity contribution < 1.29 is 18.3 Å². The van der Waals surface area contributed by atoms with Crippen LogP contribution in [0.15, 0.2) is 18.2 Å². The second kappa shape index (κ2) is 8.47. The van der Waals surface area contributed by atoms with Crippen LogP contribution in [0.5, 0.6) is 5.75 Å². The van der Waals surface area contributed by atoms with Crippen molar-refractivity contribution in [2.75, 3.05) is 13.6 Å². The van der Waals surface area contributed by atoms with Gasteiger partial charge in [0, 0.05) is 18.5 Å². The summed E-state index contributed by atoms with van der Waals surface area (Å²) in [6.45, 7) is -0.0767. The number of rotatable bonds is 8. The maximum atomic E-state index is 12.3. The molecule has 1 rings (SSSR count). The van der Waals surface area contributed by atoms with Gasteiger partial charge in [0.15, 0.2) is 0 Å². The summed E-state index contributed by atoms with van der Waals surface area (Å²) in [5.41, 5.74) is 1.47.